The maximum atomic E-state index is 12.0. The highest BCUT2D eigenvalue weighted by atomic mass is 32.2. The molecule has 1 saturated carbocycles. The van der Waals surface area contributed by atoms with Gasteiger partial charge in [0.05, 0.1) is 11.0 Å². The summed E-state index contributed by atoms with van der Waals surface area (Å²) in [6.07, 6.45) is 3.46. The minimum atomic E-state index is -2.89. The largest absolute Gasteiger partial charge is 0.330 e. The predicted octanol–water partition coefficient (Wildman–Crippen LogP) is 1.57. The standard InChI is InChI=1S/C11H23NO2S/c1-9-6-10(2)8-11(7-9)15(13,14)5-3-4-12/h9-11H,3-8,12H2,1-2H3. The van der Waals surface area contributed by atoms with E-state index in [-0.39, 0.29) is 11.0 Å². The fourth-order valence-electron chi connectivity index (χ4n) is 2.62. The third-order valence-electron chi connectivity index (χ3n) is 3.28. The van der Waals surface area contributed by atoms with E-state index in [9.17, 15) is 8.42 Å². The molecule has 2 N–H and O–H groups in total. The first-order chi connectivity index (χ1) is 6.95. The van der Waals surface area contributed by atoms with Gasteiger partial charge in [-0.25, -0.2) is 8.42 Å². The molecule has 0 saturated heterocycles. The molecule has 1 aliphatic rings. The minimum absolute atomic E-state index is 0.109. The third kappa shape index (κ3) is 3.76. The first-order valence-corrected chi connectivity index (χ1v) is 7.59. The highest BCUT2D eigenvalue weighted by Gasteiger charge is 2.32. The Morgan fingerprint density at radius 1 is 1.13 bits per heavy atom. The second kappa shape index (κ2) is 5.30. The van der Waals surface area contributed by atoms with Crippen LogP contribution in [-0.4, -0.2) is 26.0 Å². The molecule has 0 spiro atoms. The van der Waals surface area contributed by atoms with Crippen LogP contribution in [0.4, 0.5) is 0 Å². The van der Waals surface area contributed by atoms with Crippen molar-refractivity contribution in [2.75, 3.05) is 12.3 Å². The predicted molar refractivity (Wildman–Crippen MR) is 63.4 cm³/mol. The van der Waals surface area contributed by atoms with Gasteiger partial charge in [0.1, 0.15) is 0 Å². The average Bonchev–Trinajstić information content (AvgIpc) is 2.13. The van der Waals surface area contributed by atoms with Crippen molar-refractivity contribution in [3.05, 3.63) is 0 Å². The smallest absolute Gasteiger partial charge is 0.153 e. The highest BCUT2D eigenvalue weighted by Crippen LogP contribution is 2.32. The Hall–Kier alpha value is -0.0900. The molecule has 1 aliphatic carbocycles. The van der Waals surface area contributed by atoms with Crippen molar-refractivity contribution in [3.63, 3.8) is 0 Å². The summed E-state index contributed by atoms with van der Waals surface area (Å²) < 4.78 is 24.0. The maximum Gasteiger partial charge on any atom is 0.153 e. The Labute approximate surface area is 93.3 Å². The van der Waals surface area contributed by atoms with Crippen LogP contribution in [-0.2, 0) is 9.84 Å². The van der Waals surface area contributed by atoms with E-state index in [1.807, 2.05) is 0 Å². The highest BCUT2D eigenvalue weighted by molar-refractivity contribution is 7.92. The van der Waals surface area contributed by atoms with Gasteiger partial charge in [0.2, 0.25) is 0 Å². The summed E-state index contributed by atoms with van der Waals surface area (Å²) in [5.74, 6) is 1.37. The number of hydrogen-bond acceptors (Lipinski definition) is 3. The second-order valence-corrected chi connectivity index (χ2v) is 7.45. The van der Waals surface area contributed by atoms with Crippen LogP contribution in [0.15, 0.2) is 0 Å². The molecular weight excluding hydrogens is 210 g/mol. The summed E-state index contributed by atoms with van der Waals surface area (Å²) in [5, 5.41) is -0.109. The molecule has 0 aliphatic heterocycles. The van der Waals surface area contributed by atoms with E-state index >= 15 is 0 Å². The van der Waals surface area contributed by atoms with Gasteiger partial charge in [-0.1, -0.05) is 13.8 Å². The van der Waals surface area contributed by atoms with Crippen molar-refractivity contribution < 1.29 is 8.42 Å². The Kier molecular flexibility index (Phi) is 4.59. The lowest BCUT2D eigenvalue weighted by molar-refractivity contribution is 0.301. The molecule has 0 aromatic carbocycles. The summed E-state index contributed by atoms with van der Waals surface area (Å²) in [5.41, 5.74) is 5.36. The summed E-state index contributed by atoms with van der Waals surface area (Å²) in [6.45, 7) is 4.78. The minimum Gasteiger partial charge on any atom is -0.330 e. The van der Waals surface area contributed by atoms with E-state index < -0.39 is 9.84 Å². The Balaban J connectivity index is 2.61. The zero-order valence-electron chi connectivity index (χ0n) is 9.78. The summed E-state index contributed by atoms with van der Waals surface area (Å²) in [4.78, 5) is 0. The molecule has 0 aromatic heterocycles. The molecule has 2 atom stereocenters. The van der Waals surface area contributed by atoms with E-state index in [4.69, 9.17) is 5.73 Å². The van der Waals surface area contributed by atoms with Crippen molar-refractivity contribution in [1.29, 1.82) is 0 Å². The van der Waals surface area contributed by atoms with Crippen molar-refractivity contribution in [1.82, 2.24) is 0 Å². The van der Waals surface area contributed by atoms with Crippen LogP contribution in [0, 0.1) is 11.8 Å². The topological polar surface area (TPSA) is 60.2 Å². The van der Waals surface area contributed by atoms with E-state index in [0.29, 0.717) is 24.8 Å². The molecule has 90 valence electrons. The normalized spacial score (nSPS) is 32.9. The first-order valence-electron chi connectivity index (χ1n) is 5.87. The lowest BCUT2D eigenvalue weighted by Gasteiger charge is -2.31. The van der Waals surface area contributed by atoms with Gasteiger partial charge < -0.3 is 5.73 Å². The molecule has 3 nitrogen and oxygen atoms in total. The SMILES string of the molecule is CC1CC(C)CC(S(=O)(=O)CCCN)C1. The summed E-state index contributed by atoms with van der Waals surface area (Å²) in [7, 11) is -2.89. The van der Waals surface area contributed by atoms with Gasteiger partial charge >= 0.3 is 0 Å². The van der Waals surface area contributed by atoms with Gasteiger partial charge in [-0.2, -0.15) is 0 Å². The van der Waals surface area contributed by atoms with Crippen LogP contribution in [0.25, 0.3) is 0 Å². The molecule has 1 rings (SSSR count). The number of sulfone groups is 1. The van der Waals surface area contributed by atoms with E-state index in [2.05, 4.69) is 13.8 Å². The van der Waals surface area contributed by atoms with Crippen molar-refractivity contribution in [3.8, 4) is 0 Å². The molecular formula is C11H23NO2S. The Morgan fingerprint density at radius 3 is 2.13 bits per heavy atom. The molecule has 0 heterocycles. The quantitative estimate of drug-likeness (QED) is 0.802. The van der Waals surface area contributed by atoms with Crippen LogP contribution >= 0.6 is 0 Å². The zero-order valence-corrected chi connectivity index (χ0v) is 10.6. The van der Waals surface area contributed by atoms with Gasteiger partial charge in [-0.15, -0.1) is 0 Å². The molecule has 15 heavy (non-hydrogen) atoms. The zero-order chi connectivity index (χ0) is 11.5. The van der Waals surface area contributed by atoms with Crippen molar-refractivity contribution in [2.24, 2.45) is 17.6 Å². The monoisotopic (exact) mass is 233 g/mol. The van der Waals surface area contributed by atoms with Gasteiger partial charge in [0.15, 0.2) is 9.84 Å². The molecule has 0 amide bonds. The van der Waals surface area contributed by atoms with Gasteiger partial charge in [0, 0.05) is 0 Å². The van der Waals surface area contributed by atoms with Crippen LogP contribution in [0.1, 0.15) is 39.5 Å². The summed E-state index contributed by atoms with van der Waals surface area (Å²) in [6, 6.07) is 0. The van der Waals surface area contributed by atoms with Gasteiger partial charge in [-0.3, -0.25) is 0 Å². The first kappa shape index (κ1) is 13.0. The van der Waals surface area contributed by atoms with Crippen LogP contribution < -0.4 is 5.73 Å². The van der Waals surface area contributed by atoms with Crippen molar-refractivity contribution >= 4 is 9.84 Å². The second-order valence-electron chi connectivity index (χ2n) is 5.05. The van der Waals surface area contributed by atoms with Crippen LogP contribution in [0.3, 0.4) is 0 Å². The number of nitrogens with two attached hydrogens (primary N) is 1. The fraction of sp³-hybridized carbons (Fsp3) is 1.00. The van der Waals surface area contributed by atoms with Crippen molar-refractivity contribution in [2.45, 2.75) is 44.8 Å². The van der Waals surface area contributed by atoms with Gasteiger partial charge in [0.25, 0.3) is 0 Å². The van der Waals surface area contributed by atoms with E-state index in [1.54, 1.807) is 0 Å². The van der Waals surface area contributed by atoms with E-state index in [1.165, 1.54) is 6.42 Å². The maximum absolute atomic E-state index is 12.0. The van der Waals surface area contributed by atoms with Crippen LogP contribution in [0.5, 0.6) is 0 Å². The molecule has 0 bridgehead atoms. The lowest BCUT2D eigenvalue weighted by atomic mass is 9.83. The third-order valence-corrected chi connectivity index (χ3v) is 5.53. The fourth-order valence-corrected chi connectivity index (χ4v) is 4.76. The summed E-state index contributed by atoms with van der Waals surface area (Å²) >= 11 is 0. The molecule has 2 unspecified atom stereocenters. The Bertz CT molecular complexity index is 277. The molecule has 1 fully saturated rings. The lowest BCUT2D eigenvalue weighted by Crippen LogP contribution is -2.33. The molecule has 4 heteroatoms. The number of rotatable bonds is 4. The van der Waals surface area contributed by atoms with Gasteiger partial charge in [-0.05, 0) is 44.1 Å². The number of hydrogen-bond donors (Lipinski definition) is 1. The Morgan fingerprint density at radius 2 is 1.67 bits per heavy atom. The average molecular weight is 233 g/mol. The van der Waals surface area contributed by atoms with E-state index in [0.717, 1.165) is 12.8 Å². The molecule has 0 radical (unpaired) electrons. The van der Waals surface area contributed by atoms with Crippen LogP contribution in [0.2, 0.25) is 0 Å². The molecule has 0 aromatic rings.